The van der Waals surface area contributed by atoms with Crippen molar-refractivity contribution in [1.82, 2.24) is 15.6 Å². The number of phenols is 1. The highest BCUT2D eigenvalue weighted by Crippen LogP contribution is 2.28. The Kier molecular flexibility index (Phi) is 6.47. The number of hydrazone groups is 1. The molecule has 0 saturated carbocycles. The number of benzene rings is 2. The van der Waals surface area contributed by atoms with Gasteiger partial charge in [-0.1, -0.05) is 13.0 Å². The summed E-state index contributed by atoms with van der Waals surface area (Å²) in [5.74, 6) is 0.609. The van der Waals surface area contributed by atoms with Gasteiger partial charge in [0, 0.05) is 11.1 Å². The van der Waals surface area contributed by atoms with Crippen molar-refractivity contribution in [1.29, 1.82) is 0 Å². The molecule has 0 spiro atoms. The van der Waals surface area contributed by atoms with Crippen molar-refractivity contribution in [3.05, 3.63) is 59.8 Å². The number of nitrogens with zero attached hydrogens (tertiary/aromatic N) is 2. The molecule has 1 aromatic heterocycles. The Morgan fingerprint density at radius 1 is 1.28 bits per heavy atom. The molecule has 0 atom stereocenters. The number of nitrogens with one attached hydrogen (secondary N) is 2. The molecule has 0 aliphatic rings. The van der Waals surface area contributed by atoms with E-state index in [-0.39, 0.29) is 11.4 Å². The molecule has 1 amide bonds. The maximum Gasteiger partial charge on any atom is 0.289 e. The predicted octanol–water partition coefficient (Wildman–Crippen LogP) is 3.34. The molecule has 1 heterocycles. The second-order valence-electron chi connectivity index (χ2n) is 6.14. The van der Waals surface area contributed by atoms with Crippen LogP contribution in [0.15, 0.2) is 53.6 Å². The summed E-state index contributed by atoms with van der Waals surface area (Å²) in [5, 5.41) is 20.7. The Morgan fingerprint density at radius 2 is 2.07 bits per heavy atom. The van der Waals surface area contributed by atoms with Crippen LogP contribution in [0.2, 0.25) is 0 Å². The first-order chi connectivity index (χ1) is 14.1. The Labute approximate surface area is 168 Å². The van der Waals surface area contributed by atoms with Gasteiger partial charge in [-0.2, -0.15) is 10.2 Å². The smallest absolute Gasteiger partial charge is 0.289 e. The molecule has 150 valence electrons. The Balaban J connectivity index is 1.63. The Morgan fingerprint density at radius 3 is 2.79 bits per heavy atom. The van der Waals surface area contributed by atoms with Crippen molar-refractivity contribution >= 4 is 12.1 Å². The third-order valence-corrected chi connectivity index (χ3v) is 4.07. The maximum atomic E-state index is 12.3. The quantitative estimate of drug-likeness (QED) is 0.401. The topological polar surface area (TPSA) is 109 Å². The minimum absolute atomic E-state index is 0.0526. The Hall–Kier alpha value is -3.81. The number of phenolic OH excluding ortho intramolecular Hbond substituents is 1. The average molecular weight is 394 g/mol. The zero-order chi connectivity index (χ0) is 20.6. The highest BCUT2D eigenvalue weighted by Gasteiger charge is 2.11. The van der Waals surface area contributed by atoms with E-state index in [9.17, 15) is 9.90 Å². The van der Waals surface area contributed by atoms with Crippen LogP contribution < -0.4 is 14.9 Å². The van der Waals surface area contributed by atoms with Gasteiger partial charge in [-0.3, -0.25) is 9.89 Å². The van der Waals surface area contributed by atoms with Gasteiger partial charge in [-0.25, -0.2) is 5.43 Å². The molecule has 3 aromatic rings. The van der Waals surface area contributed by atoms with Gasteiger partial charge in [-0.05, 0) is 48.9 Å². The summed E-state index contributed by atoms with van der Waals surface area (Å²) < 4.78 is 10.6. The van der Waals surface area contributed by atoms with Crippen molar-refractivity contribution in [2.45, 2.75) is 13.3 Å². The van der Waals surface area contributed by atoms with Crippen LogP contribution in [0.1, 0.15) is 29.4 Å². The number of aromatic nitrogens is 2. The molecular formula is C21H22N4O4. The third-order valence-electron chi connectivity index (χ3n) is 4.07. The standard InChI is InChI=1S/C21H22N4O4/c1-3-11-29-16-9-7-14(8-10-16)17-12-18(24-23-17)21(27)25-22-13-15-5-4-6-19(28-2)20(15)26/h4-10,12-13,26H,3,11H2,1-2H3,(H,23,24)(H,25,27). The Bertz CT molecular complexity index is 996. The van der Waals surface area contributed by atoms with Crippen LogP contribution >= 0.6 is 0 Å². The molecule has 0 saturated heterocycles. The molecule has 0 aliphatic heterocycles. The minimum atomic E-state index is -0.453. The maximum absolute atomic E-state index is 12.3. The van der Waals surface area contributed by atoms with E-state index >= 15 is 0 Å². The van der Waals surface area contributed by atoms with Gasteiger partial charge < -0.3 is 14.6 Å². The molecule has 0 bridgehead atoms. The number of hydrogen-bond donors (Lipinski definition) is 3. The summed E-state index contributed by atoms with van der Waals surface area (Å²) >= 11 is 0. The van der Waals surface area contributed by atoms with Crippen LogP contribution in [-0.4, -0.2) is 41.1 Å². The van der Waals surface area contributed by atoms with Gasteiger partial charge in [0.25, 0.3) is 5.91 Å². The highest BCUT2D eigenvalue weighted by molar-refractivity contribution is 5.94. The number of carbonyl (C=O) groups excluding carboxylic acids is 1. The first-order valence-electron chi connectivity index (χ1n) is 9.10. The van der Waals surface area contributed by atoms with Crippen molar-refractivity contribution < 1.29 is 19.4 Å². The predicted molar refractivity (Wildman–Crippen MR) is 110 cm³/mol. The van der Waals surface area contributed by atoms with E-state index in [0.29, 0.717) is 23.6 Å². The van der Waals surface area contributed by atoms with Crippen LogP contribution in [0.4, 0.5) is 0 Å². The average Bonchev–Trinajstić information content (AvgIpc) is 3.24. The van der Waals surface area contributed by atoms with Crippen LogP contribution in [0.25, 0.3) is 11.3 Å². The van der Waals surface area contributed by atoms with E-state index in [0.717, 1.165) is 17.7 Å². The molecule has 0 fully saturated rings. The first kappa shape index (κ1) is 19.9. The third kappa shape index (κ3) is 4.92. The molecule has 8 nitrogen and oxygen atoms in total. The number of methoxy groups -OCH3 is 1. The van der Waals surface area contributed by atoms with Crippen molar-refractivity contribution in [3.8, 4) is 28.5 Å². The normalized spacial score (nSPS) is 10.8. The summed E-state index contributed by atoms with van der Waals surface area (Å²) in [6.07, 6.45) is 2.28. The minimum Gasteiger partial charge on any atom is -0.504 e. The number of aromatic hydroxyl groups is 1. The molecular weight excluding hydrogens is 372 g/mol. The van der Waals surface area contributed by atoms with Crippen molar-refractivity contribution in [3.63, 3.8) is 0 Å². The summed E-state index contributed by atoms with van der Waals surface area (Å²) in [5.41, 5.74) is 4.56. The number of carbonyl (C=O) groups is 1. The van der Waals surface area contributed by atoms with E-state index in [4.69, 9.17) is 9.47 Å². The summed E-state index contributed by atoms with van der Waals surface area (Å²) in [4.78, 5) is 12.3. The first-order valence-corrected chi connectivity index (χ1v) is 9.10. The molecule has 0 unspecified atom stereocenters. The lowest BCUT2D eigenvalue weighted by atomic mass is 10.1. The monoisotopic (exact) mass is 394 g/mol. The van der Waals surface area contributed by atoms with Gasteiger partial charge >= 0.3 is 0 Å². The van der Waals surface area contributed by atoms with E-state index in [1.165, 1.54) is 13.3 Å². The molecule has 8 heteroatoms. The number of amides is 1. The SMILES string of the molecule is CCCOc1ccc(-c2cc(C(=O)NN=Cc3cccc(OC)c3O)[nH]n2)cc1. The lowest BCUT2D eigenvalue weighted by Crippen LogP contribution is -2.18. The largest absolute Gasteiger partial charge is 0.504 e. The fourth-order valence-electron chi connectivity index (χ4n) is 2.56. The van der Waals surface area contributed by atoms with E-state index in [2.05, 4.69) is 20.7 Å². The van der Waals surface area contributed by atoms with Crippen molar-refractivity contribution in [2.24, 2.45) is 5.10 Å². The number of ether oxygens (including phenoxy) is 2. The number of rotatable bonds is 8. The molecule has 2 aromatic carbocycles. The fraction of sp³-hybridized carbons (Fsp3) is 0.190. The fourth-order valence-corrected chi connectivity index (χ4v) is 2.56. The van der Waals surface area contributed by atoms with Gasteiger partial charge in [0.05, 0.1) is 25.6 Å². The van der Waals surface area contributed by atoms with Crippen LogP contribution in [0, 0.1) is 0 Å². The van der Waals surface area contributed by atoms with Crippen LogP contribution in [-0.2, 0) is 0 Å². The molecule has 3 N–H and O–H groups in total. The zero-order valence-electron chi connectivity index (χ0n) is 16.2. The second kappa shape index (κ2) is 9.41. The van der Waals surface area contributed by atoms with E-state index in [1.54, 1.807) is 24.3 Å². The molecule has 29 heavy (non-hydrogen) atoms. The van der Waals surface area contributed by atoms with Gasteiger partial charge in [-0.15, -0.1) is 0 Å². The number of hydrogen-bond acceptors (Lipinski definition) is 6. The van der Waals surface area contributed by atoms with E-state index in [1.807, 2.05) is 31.2 Å². The summed E-state index contributed by atoms with van der Waals surface area (Å²) in [6, 6.07) is 14.1. The van der Waals surface area contributed by atoms with Gasteiger partial charge in [0.2, 0.25) is 0 Å². The highest BCUT2D eigenvalue weighted by atomic mass is 16.5. The number of para-hydroxylation sites is 1. The van der Waals surface area contributed by atoms with Crippen LogP contribution in [0.3, 0.4) is 0 Å². The lowest BCUT2D eigenvalue weighted by Gasteiger charge is -2.04. The summed E-state index contributed by atoms with van der Waals surface area (Å²) in [6.45, 7) is 2.72. The lowest BCUT2D eigenvalue weighted by molar-refractivity contribution is 0.0950. The number of H-pyrrole nitrogens is 1. The van der Waals surface area contributed by atoms with E-state index < -0.39 is 5.91 Å². The van der Waals surface area contributed by atoms with Crippen molar-refractivity contribution in [2.75, 3.05) is 13.7 Å². The second-order valence-corrected chi connectivity index (χ2v) is 6.14. The molecule has 3 rings (SSSR count). The van der Waals surface area contributed by atoms with Gasteiger partial charge in [0.1, 0.15) is 11.4 Å². The molecule has 0 aliphatic carbocycles. The van der Waals surface area contributed by atoms with Gasteiger partial charge in [0.15, 0.2) is 11.5 Å². The zero-order valence-corrected chi connectivity index (χ0v) is 16.2. The molecule has 0 radical (unpaired) electrons. The summed E-state index contributed by atoms with van der Waals surface area (Å²) in [7, 11) is 1.46. The number of aromatic amines is 1. The van der Waals surface area contributed by atoms with Crippen LogP contribution in [0.5, 0.6) is 17.2 Å².